The Morgan fingerprint density at radius 3 is 2.36 bits per heavy atom. The van der Waals surface area contributed by atoms with Crippen LogP contribution >= 0.6 is 24.0 Å². The first kappa shape index (κ1) is 20.8. The zero-order chi connectivity index (χ0) is 20.4. The molecule has 0 aromatic heterocycles. The third-order valence-corrected chi connectivity index (χ3v) is 6.23. The lowest BCUT2D eigenvalue weighted by molar-refractivity contribution is -0.121. The summed E-state index contributed by atoms with van der Waals surface area (Å²) < 4.78 is 11.0. The molecule has 2 saturated heterocycles. The van der Waals surface area contributed by atoms with Gasteiger partial charge in [0, 0.05) is 19.5 Å². The van der Waals surface area contributed by atoms with Crippen molar-refractivity contribution in [2.24, 2.45) is 0 Å². The average Bonchev–Trinajstić information content (AvgIpc) is 2.93. The van der Waals surface area contributed by atoms with E-state index >= 15 is 0 Å². The summed E-state index contributed by atoms with van der Waals surface area (Å²) in [5.41, 5.74) is 0.790. The molecule has 3 rings (SSSR count). The molecule has 3 unspecified atom stereocenters. The Kier molecular flexibility index (Phi) is 6.36. The Morgan fingerprint density at radius 2 is 1.79 bits per heavy atom. The molecule has 0 spiro atoms. The molecule has 1 aromatic carbocycles. The highest BCUT2D eigenvalue weighted by molar-refractivity contribution is 8.23. The summed E-state index contributed by atoms with van der Waals surface area (Å²) >= 11 is 6.78. The van der Waals surface area contributed by atoms with E-state index in [1.54, 1.807) is 12.1 Å². The van der Waals surface area contributed by atoms with Crippen LogP contribution in [-0.2, 0) is 19.1 Å². The van der Waals surface area contributed by atoms with E-state index < -0.39 is 11.2 Å². The van der Waals surface area contributed by atoms with E-state index in [0.717, 1.165) is 4.90 Å². The van der Waals surface area contributed by atoms with Crippen LogP contribution in [0.5, 0.6) is 0 Å². The summed E-state index contributed by atoms with van der Waals surface area (Å²) in [6.45, 7) is 5.31. The highest BCUT2D eigenvalue weighted by Gasteiger charge is 2.41. The number of hydrogen-bond donors (Lipinski definition) is 0. The van der Waals surface area contributed by atoms with Gasteiger partial charge in [0.05, 0.1) is 30.6 Å². The number of ether oxygens (including phenoxy) is 2. The number of carbonyl (C=O) groups excluding carboxylic acids is 3. The van der Waals surface area contributed by atoms with Crippen LogP contribution in [0, 0.1) is 0 Å². The van der Waals surface area contributed by atoms with Crippen molar-refractivity contribution in [3.8, 4) is 0 Å². The Bertz CT molecular complexity index is 788. The van der Waals surface area contributed by atoms with Gasteiger partial charge in [-0.1, -0.05) is 24.0 Å². The molecular formula is C19H22N2O5S2. The largest absolute Gasteiger partial charge is 0.465 e. The molecule has 2 heterocycles. The van der Waals surface area contributed by atoms with Crippen molar-refractivity contribution in [3.63, 3.8) is 0 Å². The number of benzene rings is 1. The maximum absolute atomic E-state index is 12.8. The Balaban J connectivity index is 1.68. The molecule has 2 fully saturated rings. The first-order chi connectivity index (χ1) is 13.3. The quantitative estimate of drug-likeness (QED) is 0.417. The number of anilines is 1. The van der Waals surface area contributed by atoms with E-state index in [2.05, 4.69) is 4.74 Å². The molecule has 9 heteroatoms. The molecule has 0 aliphatic carbocycles. The van der Waals surface area contributed by atoms with Gasteiger partial charge in [-0.25, -0.2) is 9.69 Å². The Morgan fingerprint density at radius 1 is 1.18 bits per heavy atom. The molecule has 0 bridgehead atoms. The van der Waals surface area contributed by atoms with Gasteiger partial charge in [0.25, 0.3) is 0 Å². The van der Waals surface area contributed by atoms with Gasteiger partial charge in [0.2, 0.25) is 11.8 Å². The SMILES string of the molecule is COC(=O)c1ccc(N2C(=O)CC(SC(=S)N3CC(C)OC(C)C3)C2=O)cc1. The van der Waals surface area contributed by atoms with Crippen LogP contribution in [-0.4, -0.2) is 64.7 Å². The van der Waals surface area contributed by atoms with Crippen molar-refractivity contribution < 1.29 is 23.9 Å². The number of hydrogen-bond acceptors (Lipinski definition) is 7. The summed E-state index contributed by atoms with van der Waals surface area (Å²) in [6.07, 6.45) is 0.221. The number of esters is 1. The van der Waals surface area contributed by atoms with Crippen LogP contribution in [0.25, 0.3) is 0 Å². The lowest BCUT2D eigenvalue weighted by Gasteiger charge is -2.36. The topological polar surface area (TPSA) is 76.2 Å². The molecule has 28 heavy (non-hydrogen) atoms. The highest BCUT2D eigenvalue weighted by Crippen LogP contribution is 2.32. The van der Waals surface area contributed by atoms with Crippen LogP contribution in [0.2, 0.25) is 0 Å². The van der Waals surface area contributed by atoms with E-state index in [1.807, 2.05) is 18.7 Å². The predicted octanol–water partition coefficient (Wildman–Crippen LogP) is 2.23. The molecule has 1 aromatic rings. The predicted molar refractivity (Wildman–Crippen MR) is 110 cm³/mol. The van der Waals surface area contributed by atoms with Crippen molar-refractivity contribution in [2.45, 2.75) is 37.7 Å². The Labute approximate surface area is 173 Å². The molecule has 0 saturated carbocycles. The first-order valence-corrected chi connectivity index (χ1v) is 10.2. The summed E-state index contributed by atoms with van der Waals surface area (Å²) in [5, 5.41) is -0.547. The van der Waals surface area contributed by atoms with Crippen LogP contribution in [0.3, 0.4) is 0 Å². The number of rotatable bonds is 3. The van der Waals surface area contributed by atoms with E-state index in [1.165, 1.54) is 31.0 Å². The summed E-state index contributed by atoms with van der Waals surface area (Å²) in [5.74, 6) is -1.05. The molecular weight excluding hydrogens is 400 g/mol. The number of methoxy groups -OCH3 is 1. The number of carbonyl (C=O) groups is 3. The van der Waals surface area contributed by atoms with Crippen LogP contribution in [0.15, 0.2) is 24.3 Å². The molecule has 3 atom stereocenters. The lowest BCUT2D eigenvalue weighted by Crippen LogP contribution is -2.47. The van der Waals surface area contributed by atoms with Gasteiger partial charge in [0.15, 0.2) is 0 Å². The lowest BCUT2D eigenvalue weighted by atomic mass is 10.2. The molecule has 150 valence electrons. The van der Waals surface area contributed by atoms with Gasteiger partial charge in [-0.2, -0.15) is 0 Å². The molecule has 2 amide bonds. The van der Waals surface area contributed by atoms with Gasteiger partial charge >= 0.3 is 5.97 Å². The van der Waals surface area contributed by atoms with Crippen molar-refractivity contribution >= 4 is 51.8 Å². The van der Waals surface area contributed by atoms with Crippen LogP contribution in [0.1, 0.15) is 30.6 Å². The average molecular weight is 423 g/mol. The van der Waals surface area contributed by atoms with Crippen molar-refractivity contribution in [1.29, 1.82) is 0 Å². The second-order valence-electron chi connectivity index (χ2n) is 6.84. The number of nitrogens with zero attached hydrogens (tertiary/aromatic N) is 2. The van der Waals surface area contributed by atoms with E-state index in [9.17, 15) is 14.4 Å². The minimum atomic E-state index is -0.547. The fraction of sp³-hybridized carbons (Fsp3) is 0.474. The minimum Gasteiger partial charge on any atom is -0.465 e. The van der Waals surface area contributed by atoms with Crippen LogP contribution in [0.4, 0.5) is 5.69 Å². The first-order valence-electron chi connectivity index (χ1n) is 8.96. The highest BCUT2D eigenvalue weighted by atomic mass is 32.2. The minimum absolute atomic E-state index is 0.0630. The van der Waals surface area contributed by atoms with E-state index in [-0.39, 0.29) is 30.4 Å². The molecule has 0 radical (unpaired) electrons. The number of imide groups is 1. The fourth-order valence-corrected chi connectivity index (χ4v) is 4.83. The van der Waals surface area contributed by atoms with E-state index in [0.29, 0.717) is 28.7 Å². The van der Waals surface area contributed by atoms with Gasteiger partial charge in [-0.3, -0.25) is 9.59 Å². The van der Waals surface area contributed by atoms with Gasteiger partial charge in [0.1, 0.15) is 9.57 Å². The molecule has 2 aliphatic rings. The standard InChI is InChI=1S/C19H22N2O5S2/c1-11-9-20(10-12(2)26-11)19(27)28-15-8-16(22)21(17(15)23)14-6-4-13(5-7-14)18(24)25-3/h4-7,11-12,15H,8-10H2,1-3H3. The zero-order valence-corrected chi connectivity index (χ0v) is 17.5. The summed E-state index contributed by atoms with van der Waals surface area (Å²) in [6, 6.07) is 6.20. The number of thioether (sulfide) groups is 1. The van der Waals surface area contributed by atoms with Gasteiger partial charge in [-0.15, -0.1) is 0 Å². The van der Waals surface area contributed by atoms with E-state index in [4.69, 9.17) is 17.0 Å². The van der Waals surface area contributed by atoms with Crippen LogP contribution < -0.4 is 4.90 Å². The smallest absolute Gasteiger partial charge is 0.337 e. The number of morpholine rings is 1. The maximum Gasteiger partial charge on any atom is 0.337 e. The monoisotopic (exact) mass is 422 g/mol. The normalized spacial score (nSPS) is 25.2. The van der Waals surface area contributed by atoms with Gasteiger partial charge in [-0.05, 0) is 38.1 Å². The third-order valence-electron chi connectivity index (χ3n) is 4.57. The summed E-state index contributed by atoms with van der Waals surface area (Å²) in [7, 11) is 1.30. The molecule has 0 N–H and O–H groups in total. The fourth-order valence-electron chi connectivity index (χ4n) is 3.36. The Hall–Kier alpha value is -1.97. The van der Waals surface area contributed by atoms with Crippen molar-refractivity contribution in [1.82, 2.24) is 4.90 Å². The third kappa shape index (κ3) is 4.37. The number of amides is 2. The summed E-state index contributed by atoms with van der Waals surface area (Å²) in [4.78, 5) is 40.0. The second kappa shape index (κ2) is 8.59. The molecule has 2 aliphatic heterocycles. The maximum atomic E-state index is 12.8. The van der Waals surface area contributed by atoms with Gasteiger partial charge < -0.3 is 14.4 Å². The number of thiocarbonyl (C=S) groups is 1. The zero-order valence-electron chi connectivity index (χ0n) is 15.9. The van der Waals surface area contributed by atoms with Crippen molar-refractivity contribution in [2.75, 3.05) is 25.1 Å². The van der Waals surface area contributed by atoms with Crippen molar-refractivity contribution in [3.05, 3.63) is 29.8 Å². The molecule has 7 nitrogen and oxygen atoms in total. The second-order valence-corrected chi connectivity index (χ2v) is 8.68.